The molecule has 1 aliphatic rings. The third-order valence-electron chi connectivity index (χ3n) is 5.27. The van der Waals surface area contributed by atoms with Gasteiger partial charge < -0.3 is 26.4 Å². The maximum Gasteiger partial charge on any atom is 0.301 e. The van der Waals surface area contributed by atoms with Gasteiger partial charge in [0.15, 0.2) is 17.7 Å². The summed E-state index contributed by atoms with van der Waals surface area (Å²) in [6.07, 6.45) is -1.92. The van der Waals surface area contributed by atoms with E-state index >= 15 is 0 Å². The van der Waals surface area contributed by atoms with E-state index < -0.39 is 53.2 Å². The van der Waals surface area contributed by atoms with E-state index in [9.17, 15) is 23.4 Å². The Bertz CT molecular complexity index is 1050. The Labute approximate surface area is 178 Å². The maximum atomic E-state index is 12.2. The molecule has 1 amide bonds. The van der Waals surface area contributed by atoms with Crippen LogP contribution in [0.2, 0.25) is 0 Å². The molecule has 2 aromatic rings. The van der Waals surface area contributed by atoms with E-state index in [0.29, 0.717) is 6.42 Å². The molecule has 31 heavy (non-hydrogen) atoms. The first-order valence-corrected chi connectivity index (χ1v) is 11.1. The van der Waals surface area contributed by atoms with Gasteiger partial charge in [0.2, 0.25) is 0 Å². The molecular formula is C16H26N8O6S. The van der Waals surface area contributed by atoms with E-state index in [-0.39, 0.29) is 22.9 Å². The second-order valence-electron chi connectivity index (χ2n) is 7.36. The van der Waals surface area contributed by atoms with Crippen molar-refractivity contribution in [1.82, 2.24) is 29.0 Å². The van der Waals surface area contributed by atoms with Crippen LogP contribution in [-0.2, 0) is 19.7 Å². The number of nitrogen functional groups attached to an aromatic ring is 1. The van der Waals surface area contributed by atoms with Crippen LogP contribution in [0, 0.1) is 5.92 Å². The number of aliphatic hydroxyl groups excluding tert-OH is 2. The molecule has 14 nitrogen and oxygen atoms in total. The van der Waals surface area contributed by atoms with Crippen molar-refractivity contribution < 1.29 is 28.2 Å². The minimum Gasteiger partial charge on any atom is -0.387 e. The zero-order valence-corrected chi connectivity index (χ0v) is 17.7. The molecule has 0 spiro atoms. The third-order valence-corrected chi connectivity index (χ3v) is 6.28. The summed E-state index contributed by atoms with van der Waals surface area (Å²) in [6, 6.07) is -0.995. The molecule has 3 heterocycles. The summed E-state index contributed by atoms with van der Waals surface area (Å²) in [7, 11) is -4.27. The van der Waals surface area contributed by atoms with Crippen molar-refractivity contribution in [1.29, 1.82) is 0 Å². The van der Waals surface area contributed by atoms with Gasteiger partial charge in [-0.05, 0) is 5.92 Å². The van der Waals surface area contributed by atoms with Crippen LogP contribution in [0.15, 0.2) is 12.7 Å². The molecule has 2 aromatic heterocycles. The number of nitrogens with zero attached hydrogens (tertiary/aromatic N) is 4. The van der Waals surface area contributed by atoms with Crippen molar-refractivity contribution in [3.05, 3.63) is 12.7 Å². The Morgan fingerprint density at radius 2 is 2.03 bits per heavy atom. The van der Waals surface area contributed by atoms with E-state index in [1.807, 2.05) is 11.6 Å². The Hall–Kier alpha value is -2.43. The van der Waals surface area contributed by atoms with Gasteiger partial charge in [-0.25, -0.2) is 19.7 Å². The number of aromatic nitrogens is 4. The van der Waals surface area contributed by atoms with Gasteiger partial charge in [0.25, 0.3) is 5.91 Å². The summed E-state index contributed by atoms with van der Waals surface area (Å²) >= 11 is 0. The lowest BCUT2D eigenvalue weighted by Gasteiger charge is -2.19. The SMILES string of the molecule is CC[C@H](C)[C@H](N)C(=O)NS(=O)(=O)NC[C@H]1O[C@@H](n2cnc3c(N)ncnc32)[C@H](O)[C@@H]1O. The number of carbonyl (C=O) groups is 1. The molecule has 0 saturated carbocycles. The molecule has 0 radical (unpaired) electrons. The number of amides is 1. The van der Waals surface area contributed by atoms with Gasteiger partial charge in [0.05, 0.1) is 12.4 Å². The highest BCUT2D eigenvalue weighted by Crippen LogP contribution is 2.31. The largest absolute Gasteiger partial charge is 0.387 e. The second-order valence-corrected chi connectivity index (χ2v) is 8.86. The topological polar surface area (TPSA) is 221 Å². The van der Waals surface area contributed by atoms with Crippen molar-refractivity contribution in [3.8, 4) is 0 Å². The number of hydrogen-bond acceptors (Lipinski definition) is 11. The average molecular weight is 459 g/mol. The Morgan fingerprint density at radius 3 is 2.71 bits per heavy atom. The first-order valence-electron chi connectivity index (χ1n) is 9.57. The number of anilines is 1. The molecule has 8 N–H and O–H groups in total. The minimum absolute atomic E-state index is 0.132. The lowest BCUT2D eigenvalue weighted by atomic mass is 10.00. The first kappa shape index (κ1) is 23.2. The van der Waals surface area contributed by atoms with Crippen LogP contribution in [0.3, 0.4) is 0 Å². The molecule has 0 bridgehead atoms. The van der Waals surface area contributed by atoms with E-state index in [1.54, 1.807) is 6.92 Å². The summed E-state index contributed by atoms with van der Waals surface area (Å²) in [5, 5.41) is 20.7. The summed E-state index contributed by atoms with van der Waals surface area (Å²) in [4.78, 5) is 24.0. The molecule has 15 heteroatoms. The standard InChI is InChI=1S/C16H26N8O6S/c1-3-7(2)9(17)15(27)23-31(28,29)22-4-8-11(25)12(26)16(30-8)24-6-21-10-13(18)19-5-20-14(10)24/h5-9,11-12,16,22,25-26H,3-4,17H2,1-2H3,(H,23,27)(H2,18,19,20)/t7-,8+,9-,11+,12+,16+/m0/s1. The van der Waals surface area contributed by atoms with Crippen molar-refractivity contribution >= 4 is 33.1 Å². The van der Waals surface area contributed by atoms with E-state index in [1.165, 1.54) is 17.2 Å². The summed E-state index contributed by atoms with van der Waals surface area (Å²) in [6.45, 7) is 3.14. The van der Waals surface area contributed by atoms with Gasteiger partial charge in [0.1, 0.15) is 30.2 Å². The van der Waals surface area contributed by atoms with Crippen LogP contribution in [0.25, 0.3) is 11.2 Å². The number of aliphatic hydroxyl groups is 2. The quantitative estimate of drug-likeness (QED) is 0.240. The molecule has 0 aromatic carbocycles. The molecule has 3 rings (SSSR count). The monoisotopic (exact) mass is 458 g/mol. The number of ether oxygens (including phenoxy) is 1. The Morgan fingerprint density at radius 1 is 1.32 bits per heavy atom. The highest BCUT2D eigenvalue weighted by molar-refractivity contribution is 7.88. The normalized spacial score (nSPS) is 26.1. The van der Waals surface area contributed by atoms with Gasteiger partial charge in [-0.1, -0.05) is 20.3 Å². The summed E-state index contributed by atoms with van der Waals surface area (Å²) < 4.78 is 35.3. The van der Waals surface area contributed by atoms with Crippen molar-refractivity contribution in [2.75, 3.05) is 12.3 Å². The maximum absolute atomic E-state index is 12.2. The fourth-order valence-corrected chi connectivity index (χ4v) is 3.98. The zero-order chi connectivity index (χ0) is 22.9. The predicted octanol–water partition coefficient (Wildman–Crippen LogP) is -2.65. The average Bonchev–Trinajstić information content (AvgIpc) is 3.27. The van der Waals surface area contributed by atoms with E-state index in [0.717, 1.165) is 0 Å². The fourth-order valence-electron chi connectivity index (χ4n) is 3.12. The molecule has 172 valence electrons. The highest BCUT2D eigenvalue weighted by atomic mass is 32.2. The van der Waals surface area contributed by atoms with Gasteiger partial charge in [-0.15, -0.1) is 0 Å². The lowest BCUT2D eigenvalue weighted by Crippen LogP contribution is -2.51. The predicted molar refractivity (Wildman–Crippen MR) is 108 cm³/mol. The molecule has 1 fully saturated rings. The number of hydrogen-bond donors (Lipinski definition) is 6. The smallest absolute Gasteiger partial charge is 0.301 e. The highest BCUT2D eigenvalue weighted by Gasteiger charge is 2.44. The van der Waals surface area contributed by atoms with Crippen LogP contribution in [0.1, 0.15) is 26.5 Å². The number of rotatable bonds is 8. The van der Waals surface area contributed by atoms with Crippen molar-refractivity contribution in [2.24, 2.45) is 11.7 Å². The number of nitrogens with one attached hydrogen (secondary N) is 2. The van der Waals surface area contributed by atoms with E-state index in [2.05, 4.69) is 19.7 Å². The summed E-state index contributed by atoms with van der Waals surface area (Å²) in [5.41, 5.74) is 12.0. The second kappa shape index (κ2) is 8.97. The van der Waals surface area contributed by atoms with Gasteiger partial charge in [-0.2, -0.15) is 13.1 Å². The molecule has 0 unspecified atom stereocenters. The Kier molecular flexibility index (Phi) is 6.73. The Balaban J connectivity index is 1.66. The van der Waals surface area contributed by atoms with Gasteiger partial charge >= 0.3 is 10.2 Å². The van der Waals surface area contributed by atoms with Crippen LogP contribution < -0.4 is 20.9 Å². The van der Waals surface area contributed by atoms with Crippen molar-refractivity contribution in [2.45, 2.75) is 50.8 Å². The third kappa shape index (κ3) is 4.76. The number of nitrogens with two attached hydrogens (primary N) is 2. The van der Waals surface area contributed by atoms with Crippen LogP contribution in [0.5, 0.6) is 0 Å². The van der Waals surface area contributed by atoms with Crippen LogP contribution in [-0.4, -0.2) is 75.0 Å². The van der Waals surface area contributed by atoms with Crippen LogP contribution in [0.4, 0.5) is 5.82 Å². The number of carbonyl (C=O) groups excluding carboxylic acids is 1. The fraction of sp³-hybridized carbons (Fsp3) is 0.625. The molecule has 1 aliphatic heterocycles. The van der Waals surface area contributed by atoms with Crippen molar-refractivity contribution in [3.63, 3.8) is 0 Å². The van der Waals surface area contributed by atoms with Gasteiger partial charge in [-0.3, -0.25) is 9.36 Å². The van der Waals surface area contributed by atoms with Crippen LogP contribution >= 0.6 is 0 Å². The van der Waals surface area contributed by atoms with E-state index in [4.69, 9.17) is 16.2 Å². The molecule has 0 aliphatic carbocycles. The van der Waals surface area contributed by atoms with Gasteiger partial charge in [0, 0.05) is 6.54 Å². The molecular weight excluding hydrogens is 432 g/mol. The number of fused-ring (bicyclic) bond motifs is 1. The first-order chi connectivity index (χ1) is 14.6. The zero-order valence-electron chi connectivity index (χ0n) is 16.9. The molecule has 6 atom stereocenters. The molecule has 1 saturated heterocycles. The lowest BCUT2D eigenvalue weighted by molar-refractivity contribution is -0.121. The number of imidazole rings is 1. The minimum atomic E-state index is -4.27. The summed E-state index contributed by atoms with van der Waals surface area (Å²) in [5.74, 6) is -0.934.